The number of methoxy groups -OCH3 is 2. The number of ether oxygens (including phenoxy) is 2. The van der Waals surface area contributed by atoms with Gasteiger partial charge in [-0.25, -0.2) is 8.42 Å². The van der Waals surface area contributed by atoms with E-state index in [1.807, 2.05) is 17.5 Å². The zero-order valence-electron chi connectivity index (χ0n) is 14.9. The summed E-state index contributed by atoms with van der Waals surface area (Å²) in [5.74, 6) is 0.760. The second kappa shape index (κ2) is 8.91. The molecule has 142 valence electrons. The lowest BCUT2D eigenvalue weighted by Crippen LogP contribution is -2.38. The van der Waals surface area contributed by atoms with Crippen molar-refractivity contribution >= 4 is 33.0 Å². The number of hydrogen-bond donors (Lipinski definition) is 1. The Morgan fingerprint density at radius 3 is 2.58 bits per heavy atom. The standard InChI is InChI=1S/C17H22N2O5S2/c1-23-13-6-7-16(24-2)15(11-13)19(26(3,21)22)9-8-18-17(20)12-14-5-4-10-25-14/h4-7,10-11H,8-9,12H2,1-3H3,(H,18,20). The topological polar surface area (TPSA) is 84.9 Å². The first-order chi connectivity index (χ1) is 12.3. The van der Waals surface area contributed by atoms with Crippen molar-refractivity contribution in [2.45, 2.75) is 6.42 Å². The highest BCUT2D eigenvalue weighted by molar-refractivity contribution is 7.92. The molecule has 0 saturated carbocycles. The Hall–Kier alpha value is -2.26. The van der Waals surface area contributed by atoms with Gasteiger partial charge in [0.1, 0.15) is 11.5 Å². The van der Waals surface area contributed by atoms with Crippen molar-refractivity contribution in [1.82, 2.24) is 5.32 Å². The largest absolute Gasteiger partial charge is 0.497 e. The summed E-state index contributed by atoms with van der Waals surface area (Å²) < 4.78 is 36.1. The number of anilines is 1. The second-order valence-electron chi connectivity index (χ2n) is 5.48. The molecule has 0 saturated heterocycles. The van der Waals surface area contributed by atoms with Crippen LogP contribution in [-0.4, -0.2) is 47.9 Å². The van der Waals surface area contributed by atoms with Crippen LogP contribution in [0.5, 0.6) is 11.5 Å². The highest BCUT2D eigenvalue weighted by Gasteiger charge is 2.22. The van der Waals surface area contributed by atoms with Gasteiger partial charge in [0.25, 0.3) is 0 Å². The lowest BCUT2D eigenvalue weighted by Gasteiger charge is -2.24. The van der Waals surface area contributed by atoms with Crippen molar-refractivity contribution in [2.75, 3.05) is 37.9 Å². The first kappa shape index (κ1) is 20.1. The number of carbonyl (C=O) groups excluding carboxylic acids is 1. The maximum absolute atomic E-state index is 12.3. The van der Waals surface area contributed by atoms with E-state index in [0.29, 0.717) is 17.2 Å². The molecule has 1 aromatic heterocycles. The Morgan fingerprint density at radius 2 is 2.00 bits per heavy atom. The zero-order valence-corrected chi connectivity index (χ0v) is 16.5. The molecule has 1 heterocycles. The van der Waals surface area contributed by atoms with Crippen molar-refractivity contribution in [1.29, 1.82) is 0 Å². The molecule has 0 fully saturated rings. The van der Waals surface area contributed by atoms with E-state index in [-0.39, 0.29) is 25.4 Å². The number of nitrogens with zero attached hydrogens (tertiary/aromatic N) is 1. The quantitative estimate of drug-likeness (QED) is 0.697. The van der Waals surface area contributed by atoms with E-state index in [2.05, 4.69) is 5.32 Å². The van der Waals surface area contributed by atoms with E-state index in [1.165, 1.54) is 29.9 Å². The lowest BCUT2D eigenvalue weighted by atomic mass is 10.2. The van der Waals surface area contributed by atoms with Crippen LogP contribution in [0.3, 0.4) is 0 Å². The molecule has 0 aliphatic rings. The minimum atomic E-state index is -3.57. The van der Waals surface area contributed by atoms with Crippen LogP contribution in [0, 0.1) is 0 Å². The number of nitrogens with one attached hydrogen (secondary N) is 1. The minimum Gasteiger partial charge on any atom is -0.497 e. The zero-order chi connectivity index (χ0) is 19.2. The van der Waals surface area contributed by atoms with Crippen LogP contribution in [0.25, 0.3) is 0 Å². The summed E-state index contributed by atoms with van der Waals surface area (Å²) in [7, 11) is -0.607. The van der Waals surface area contributed by atoms with Gasteiger partial charge in [-0.15, -0.1) is 11.3 Å². The summed E-state index contributed by atoms with van der Waals surface area (Å²) in [5, 5.41) is 4.65. The Balaban J connectivity index is 2.10. The van der Waals surface area contributed by atoms with E-state index in [1.54, 1.807) is 18.2 Å². The number of thiophene rings is 1. The van der Waals surface area contributed by atoms with E-state index >= 15 is 0 Å². The maximum Gasteiger partial charge on any atom is 0.232 e. The first-order valence-corrected chi connectivity index (χ1v) is 10.6. The van der Waals surface area contributed by atoms with Gasteiger partial charge in [0.05, 0.1) is 39.1 Å². The normalized spacial score (nSPS) is 11.0. The smallest absolute Gasteiger partial charge is 0.232 e. The van der Waals surface area contributed by atoms with Crippen LogP contribution in [0.4, 0.5) is 5.69 Å². The Labute approximate surface area is 157 Å². The van der Waals surface area contributed by atoms with Crippen LogP contribution in [0.15, 0.2) is 35.7 Å². The molecule has 0 aliphatic carbocycles. The number of benzene rings is 1. The molecular weight excluding hydrogens is 376 g/mol. The van der Waals surface area contributed by atoms with Crippen molar-refractivity contribution in [3.63, 3.8) is 0 Å². The van der Waals surface area contributed by atoms with E-state index < -0.39 is 10.0 Å². The summed E-state index contributed by atoms with van der Waals surface area (Å²) in [4.78, 5) is 12.9. The molecule has 1 aromatic carbocycles. The molecule has 1 amide bonds. The molecule has 0 aliphatic heterocycles. The van der Waals surface area contributed by atoms with Gasteiger partial charge in [-0.05, 0) is 23.6 Å². The Bertz CT molecular complexity index is 835. The van der Waals surface area contributed by atoms with Gasteiger partial charge in [0, 0.05) is 17.5 Å². The van der Waals surface area contributed by atoms with Crippen molar-refractivity contribution < 1.29 is 22.7 Å². The number of amides is 1. The number of carbonyl (C=O) groups is 1. The summed E-state index contributed by atoms with van der Waals surface area (Å²) in [6, 6.07) is 8.68. The third kappa shape index (κ3) is 5.37. The fourth-order valence-corrected chi connectivity index (χ4v) is 4.01. The monoisotopic (exact) mass is 398 g/mol. The van der Waals surface area contributed by atoms with Crippen molar-refractivity contribution in [2.24, 2.45) is 0 Å². The van der Waals surface area contributed by atoms with Gasteiger partial charge in [0.15, 0.2) is 0 Å². The molecular formula is C17H22N2O5S2. The van der Waals surface area contributed by atoms with Crippen LogP contribution >= 0.6 is 11.3 Å². The van der Waals surface area contributed by atoms with Crippen LogP contribution in [0.2, 0.25) is 0 Å². The molecule has 9 heteroatoms. The summed E-state index contributed by atoms with van der Waals surface area (Å²) in [6.45, 7) is 0.260. The molecule has 0 spiro atoms. The molecule has 7 nitrogen and oxygen atoms in total. The maximum atomic E-state index is 12.3. The average molecular weight is 399 g/mol. The van der Waals surface area contributed by atoms with Crippen molar-refractivity contribution in [3.05, 3.63) is 40.6 Å². The van der Waals surface area contributed by atoms with Gasteiger partial charge in [0.2, 0.25) is 15.9 Å². The molecule has 2 rings (SSSR count). The summed E-state index contributed by atoms with van der Waals surface area (Å²) in [5.41, 5.74) is 0.363. The minimum absolute atomic E-state index is 0.0819. The fourth-order valence-electron chi connectivity index (χ4n) is 2.39. The summed E-state index contributed by atoms with van der Waals surface area (Å²) >= 11 is 1.50. The Morgan fingerprint density at radius 1 is 1.23 bits per heavy atom. The first-order valence-electron chi connectivity index (χ1n) is 7.84. The van der Waals surface area contributed by atoms with Crippen LogP contribution in [0.1, 0.15) is 4.88 Å². The molecule has 26 heavy (non-hydrogen) atoms. The SMILES string of the molecule is COc1ccc(OC)c(N(CCNC(=O)Cc2cccs2)S(C)(=O)=O)c1. The fraction of sp³-hybridized carbons (Fsp3) is 0.353. The van der Waals surface area contributed by atoms with E-state index in [4.69, 9.17) is 9.47 Å². The predicted octanol–water partition coefficient (Wildman–Crippen LogP) is 1.89. The molecule has 0 atom stereocenters. The molecule has 1 N–H and O–H groups in total. The second-order valence-corrected chi connectivity index (χ2v) is 8.42. The van der Waals surface area contributed by atoms with E-state index in [9.17, 15) is 13.2 Å². The molecule has 2 aromatic rings. The molecule has 0 radical (unpaired) electrons. The number of rotatable bonds is 9. The number of sulfonamides is 1. The number of hydrogen-bond acceptors (Lipinski definition) is 6. The van der Waals surface area contributed by atoms with E-state index in [0.717, 1.165) is 11.1 Å². The molecule has 0 bridgehead atoms. The van der Waals surface area contributed by atoms with Crippen LogP contribution < -0.4 is 19.1 Å². The van der Waals surface area contributed by atoms with Gasteiger partial charge in [-0.3, -0.25) is 9.10 Å². The average Bonchev–Trinajstić information content (AvgIpc) is 3.10. The summed E-state index contributed by atoms with van der Waals surface area (Å²) in [6.07, 6.45) is 1.39. The highest BCUT2D eigenvalue weighted by atomic mass is 32.2. The lowest BCUT2D eigenvalue weighted by molar-refractivity contribution is -0.120. The van der Waals surface area contributed by atoms with Gasteiger partial charge >= 0.3 is 0 Å². The van der Waals surface area contributed by atoms with Gasteiger partial charge in [-0.1, -0.05) is 6.07 Å². The third-order valence-corrected chi connectivity index (χ3v) is 5.66. The Kier molecular flexibility index (Phi) is 6.87. The van der Waals surface area contributed by atoms with Gasteiger partial charge in [-0.2, -0.15) is 0 Å². The third-order valence-electron chi connectivity index (χ3n) is 3.61. The molecule has 0 unspecified atom stereocenters. The predicted molar refractivity (Wildman–Crippen MR) is 103 cm³/mol. The van der Waals surface area contributed by atoms with Gasteiger partial charge < -0.3 is 14.8 Å². The van der Waals surface area contributed by atoms with Crippen LogP contribution in [-0.2, 0) is 21.2 Å². The highest BCUT2D eigenvalue weighted by Crippen LogP contribution is 2.33. The van der Waals surface area contributed by atoms with Crippen molar-refractivity contribution in [3.8, 4) is 11.5 Å².